The monoisotopic (exact) mass is 362 g/mol. The summed E-state index contributed by atoms with van der Waals surface area (Å²) in [6.45, 7) is 2.47. The van der Waals surface area contributed by atoms with Gasteiger partial charge in [-0.05, 0) is 30.9 Å². The van der Waals surface area contributed by atoms with Crippen LogP contribution in [0.2, 0.25) is 0 Å². The zero-order valence-corrected chi connectivity index (χ0v) is 15.8. The lowest BCUT2D eigenvalue weighted by molar-refractivity contribution is -0.142. The highest BCUT2D eigenvalue weighted by Crippen LogP contribution is 2.40. The van der Waals surface area contributed by atoms with E-state index < -0.39 is 5.60 Å². The Balaban J connectivity index is 1.43. The van der Waals surface area contributed by atoms with E-state index in [1.54, 1.807) is 0 Å². The highest BCUT2D eigenvalue weighted by Gasteiger charge is 2.44. The van der Waals surface area contributed by atoms with E-state index in [4.69, 9.17) is 4.84 Å². The molecular formula is C23H26N2O2. The minimum Gasteiger partial charge on any atom is -0.379 e. The molecule has 1 amide bonds. The molecule has 0 bridgehead atoms. The molecule has 1 aliphatic heterocycles. The fraction of sp³-hybridized carbons (Fsp3) is 0.391. The fourth-order valence-corrected chi connectivity index (χ4v) is 4.29. The van der Waals surface area contributed by atoms with Gasteiger partial charge in [0.05, 0.1) is 5.71 Å². The van der Waals surface area contributed by atoms with Crippen LogP contribution in [0.1, 0.15) is 50.2 Å². The standard InChI is InChI=1S/C23H26N2O2/c1-22(16-20(25-27-22)18-10-4-2-5-11-18)21(26)24-17-23(14-8-9-15-23)19-12-6-3-7-13-19/h2-7,10-13H,8-9,14-17H2,1H3,(H,24,26). The summed E-state index contributed by atoms with van der Waals surface area (Å²) >= 11 is 0. The second kappa shape index (κ2) is 7.18. The number of rotatable bonds is 5. The first-order chi connectivity index (χ1) is 13.1. The average molecular weight is 362 g/mol. The van der Waals surface area contributed by atoms with Crippen LogP contribution in [0.25, 0.3) is 0 Å². The molecule has 1 unspecified atom stereocenters. The maximum atomic E-state index is 13.0. The molecule has 1 aliphatic carbocycles. The Labute approximate surface area is 160 Å². The lowest BCUT2D eigenvalue weighted by Crippen LogP contribution is -2.49. The molecule has 2 aromatic carbocycles. The number of nitrogens with one attached hydrogen (secondary N) is 1. The van der Waals surface area contributed by atoms with E-state index in [-0.39, 0.29) is 11.3 Å². The van der Waals surface area contributed by atoms with Crippen molar-refractivity contribution in [3.05, 3.63) is 71.8 Å². The topological polar surface area (TPSA) is 50.7 Å². The van der Waals surface area contributed by atoms with Crippen LogP contribution in [-0.4, -0.2) is 23.8 Å². The van der Waals surface area contributed by atoms with Gasteiger partial charge in [-0.1, -0.05) is 78.7 Å². The molecule has 1 fully saturated rings. The molecular weight excluding hydrogens is 336 g/mol. The van der Waals surface area contributed by atoms with Crippen LogP contribution in [0.4, 0.5) is 0 Å². The van der Waals surface area contributed by atoms with Gasteiger partial charge in [0, 0.05) is 18.4 Å². The fourth-order valence-electron chi connectivity index (χ4n) is 4.29. The first-order valence-corrected chi connectivity index (χ1v) is 9.76. The normalized spacial score (nSPS) is 23.5. The van der Waals surface area contributed by atoms with E-state index in [9.17, 15) is 4.79 Å². The van der Waals surface area contributed by atoms with E-state index in [1.807, 2.05) is 43.3 Å². The van der Waals surface area contributed by atoms with Gasteiger partial charge in [-0.3, -0.25) is 4.79 Å². The summed E-state index contributed by atoms with van der Waals surface area (Å²) < 4.78 is 0. The number of hydrogen-bond acceptors (Lipinski definition) is 3. The Morgan fingerprint density at radius 1 is 1.04 bits per heavy atom. The lowest BCUT2D eigenvalue weighted by atomic mass is 9.78. The van der Waals surface area contributed by atoms with Gasteiger partial charge in [0.15, 0.2) is 0 Å². The largest absolute Gasteiger partial charge is 0.379 e. The molecule has 0 radical (unpaired) electrons. The molecule has 2 aromatic rings. The zero-order valence-electron chi connectivity index (χ0n) is 15.8. The van der Waals surface area contributed by atoms with Crippen molar-refractivity contribution >= 4 is 11.6 Å². The van der Waals surface area contributed by atoms with E-state index in [0.29, 0.717) is 13.0 Å². The van der Waals surface area contributed by atoms with Gasteiger partial charge in [0.25, 0.3) is 5.91 Å². The summed E-state index contributed by atoms with van der Waals surface area (Å²) in [7, 11) is 0. The summed E-state index contributed by atoms with van der Waals surface area (Å²) in [6.07, 6.45) is 5.13. The minimum absolute atomic E-state index is 0.0367. The molecule has 0 aromatic heterocycles. The quantitative estimate of drug-likeness (QED) is 0.867. The Morgan fingerprint density at radius 2 is 1.67 bits per heavy atom. The SMILES string of the molecule is CC1(C(=O)NCC2(c3ccccc3)CCCC2)CC(c2ccccc2)=NO1. The Bertz CT molecular complexity index is 826. The zero-order chi connectivity index (χ0) is 18.7. The third kappa shape index (κ3) is 3.48. The Morgan fingerprint density at radius 3 is 2.33 bits per heavy atom. The molecule has 27 heavy (non-hydrogen) atoms. The molecule has 140 valence electrons. The first kappa shape index (κ1) is 17.8. The molecule has 1 atom stereocenters. The molecule has 4 rings (SSSR count). The van der Waals surface area contributed by atoms with Gasteiger partial charge in [-0.15, -0.1) is 0 Å². The third-order valence-electron chi connectivity index (χ3n) is 5.98. The van der Waals surface area contributed by atoms with E-state index in [0.717, 1.165) is 24.1 Å². The lowest BCUT2D eigenvalue weighted by Gasteiger charge is -2.31. The number of nitrogens with zero attached hydrogens (tertiary/aromatic N) is 1. The molecule has 0 saturated heterocycles. The maximum Gasteiger partial charge on any atom is 0.267 e. The van der Waals surface area contributed by atoms with Crippen molar-refractivity contribution < 1.29 is 9.63 Å². The molecule has 1 heterocycles. The third-order valence-corrected chi connectivity index (χ3v) is 5.98. The van der Waals surface area contributed by atoms with Gasteiger partial charge in [-0.25, -0.2) is 0 Å². The van der Waals surface area contributed by atoms with Crippen molar-refractivity contribution in [2.45, 2.75) is 50.0 Å². The van der Waals surface area contributed by atoms with E-state index >= 15 is 0 Å². The number of hydrogen-bond donors (Lipinski definition) is 1. The van der Waals surface area contributed by atoms with Crippen LogP contribution < -0.4 is 5.32 Å². The van der Waals surface area contributed by atoms with Crippen molar-refractivity contribution in [2.75, 3.05) is 6.54 Å². The molecule has 2 aliphatic rings. The van der Waals surface area contributed by atoms with E-state index in [2.05, 4.69) is 34.7 Å². The van der Waals surface area contributed by atoms with Gasteiger partial charge in [0.2, 0.25) is 5.60 Å². The minimum atomic E-state index is -0.943. The first-order valence-electron chi connectivity index (χ1n) is 9.76. The van der Waals surface area contributed by atoms with E-state index in [1.165, 1.54) is 18.4 Å². The predicted octanol–water partition coefficient (Wildman–Crippen LogP) is 4.20. The molecule has 1 N–H and O–H groups in total. The summed E-state index contributed by atoms with van der Waals surface area (Å²) in [6, 6.07) is 20.5. The van der Waals surface area contributed by atoms with Crippen molar-refractivity contribution in [1.29, 1.82) is 0 Å². The van der Waals surface area contributed by atoms with Crippen LogP contribution in [0, 0.1) is 0 Å². The highest BCUT2D eigenvalue weighted by molar-refractivity contribution is 6.05. The van der Waals surface area contributed by atoms with Gasteiger partial charge in [0.1, 0.15) is 0 Å². The maximum absolute atomic E-state index is 13.0. The molecule has 4 nitrogen and oxygen atoms in total. The number of oxime groups is 1. The van der Waals surface area contributed by atoms with Gasteiger partial charge < -0.3 is 10.2 Å². The van der Waals surface area contributed by atoms with Crippen molar-refractivity contribution in [2.24, 2.45) is 5.16 Å². The van der Waals surface area contributed by atoms with Gasteiger partial charge in [-0.2, -0.15) is 0 Å². The summed E-state index contributed by atoms with van der Waals surface area (Å²) in [4.78, 5) is 18.6. The second-order valence-corrected chi connectivity index (χ2v) is 7.94. The summed E-state index contributed by atoms with van der Waals surface area (Å²) in [5, 5.41) is 7.37. The van der Waals surface area contributed by atoms with Crippen molar-refractivity contribution in [3.8, 4) is 0 Å². The molecule has 1 saturated carbocycles. The summed E-state index contributed by atoms with van der Waals surface area (Å²) in [5.41, 5.74) is 2.25. The Hall–Kier alpha value is -2.62. The molecule has 0 spiro atoms. The van der Waals surface area contributed by atoms with Crippen LogP contribution in [0.3, 0.4) is 0 Å². The Kier molecular flexibility index (Phi) is 4.73. The highest BCUT2D eigenvalue weighted by atomic mass is 16.7. The predicted molar refractivity (Wildman–Crippen MR) is 107 cm³/mol. The smallest absolute Gasteiger partial charge is 0.267 e. The number of carbonyl (C=O) groups excluding carboxylic acids is 1. The van der Waals surface area contributed by atoms with Crippen LogP contribution >= 0.6 is 0 Å². The van der Waals surface area contributed by atoms with Crippen molar-refractivity contribution in [3.63, 3.8) is 0 Å². The van der Waals surface area contributed by atoms with Gasteiger partial charge >= 0.3 is 0 Å². The molecule has 4 heteroatoms. The number of amides is 1. The average Bonchev–Trinajstić information content (AvgIpc) is 3.36. The second-order valence-electron chi connectivity index (χ2n) is 7.94. The number of benzene rings is 2. The number of carbonyl (C=O) groups is 1. The van der Waals surface area contributed by atoms with Crippen molar-refractivity contribution in [1.82, 2.24) is 5.32 Å². The van der Waals surface area contributed by atoms with Crippen LogP contribution in [0.15, 0.2) is 65.8 Å². The van der Waals surface area contributed by atoms with Crippen LogP contribution in [-0.2, 0) is 15.0 Å². The summed E-state index contributed by atoms with van der Waals surface area (Å²) in [5.74, 6) is -0.0839. The van der Waals surface area contributed by atoms with Crippen LogP contribution in [0.5, 0.6) is 0 Å².